The number of hydrogen-bond donors (Lipinski definition) is 12. The predicted octanol–water partition coefficient (Wildman–Crippen LogP) is -8.74. The Morgan fingerprint density at radius 2 is 1.24 bits per heavy atom. The smallest absolute Gasteiger partial charge is 0.195 e. The van der Waals surface area contributed by atoms with Gasteiger partial charge in [-0.25, -0.2) is 0 Å². The summed E-state index contributed by atoms with van der Waals surface area (Å²) in [5.74, 6) is -1.19. The maximum absolute atomic E-state index is 12.3. The summed E-state index contributed by atoms with van der Waals surface area (Å²) in [6, 6.07) is -4.31. The van der Waals surface area contributed by atoms with Gasteiger partial charge >= 0.3 is 0 Å². The van der Waals surface area contributed by atoms with E-state index in [0.29, 0.717) is 0 Å². The summed E-state index contributed by atoms with van der Waals surface area (Å²) >= 11 is 0. The van der Waals surface area contributed by atoms with Crippen molar-refractivity contribution in [1.29, 1.82) is 0 Å². The first-order valence-corrected chi connectivity index (χ1v) is 11.8. The maximum atomic E-state index is 12.3. The second kappa shape index (κ2) is 12.7. The van der Waals surface area contributed by atoms with E-state index in [4.69, 9.17) is 40.9 Å². The highest BCUT2D eigenvalue weighted by Crippen LogP contribution is 2.34. The van der Waals surface area contributed by atoms with Gasteiger partial charge in [0.25, 0.3) is 0 Å². The molecule has 2 unspecified atom stereocenters. The Balaban J connectivity index is 1.79. The topological polar surface area (TPSA) is 323 Å². The summed E-state index contributed by atoms with van der Waals surface area (Å²) < 4.78 is 27.4. The molecule has 0 aromatic heterocycles. The van der Waals surface area contributed by atoms with Gasteiger partial charge in [0.2, 0.25) is 0 Å². The van der Waals surface area contributed by atoms with Gasteiger partial charge in [-0.2, -0.15) is 0 Å². The predicted molar refractivity (Wildman–Crippen MR) is 118 cm³/mol. The minimum atomic E-state index is -2.52. The SMILES string of the molecule is N[C@H]1[C@@H](OC2[C@@H](CO)O[C@@H](OC3[C@@H](CO)O[C@@H](O)[C@H](N)[C@H]3O)[C@H](N)[C@H]2O)O[C@@](CO)(C(=O)CO)[C@@H](O)[C@@H]1O. The molecule has 3 aliphatic heterocycles. The van der Waals surface area contributed by atoms with Crippen molar-refractivity contribution in [2.45, 2.75) is 91.4 Å². The number of nitrogens with two attached hydrogens (primary N) is 3. The fourth-order valence-electron chi connectivity index (χ4n) is 4.66. The average molecular weight is 560 g/mol. The fourth-order valence-corrected chi connectivity index (χ4v) is 4.66. The molecule has 0 saturated carbocycles. The van der Waals surface area contributed by atoms with Gasteiger partial charge in [-0.15, -0.1) is 0 Å². The normalized spacial score (nSPS) is 50.1. The van der Waals surface area contributed by atoms with Crippen molar-refractivity contribution in [1.82, 2.24) is 0 Å². The van der Waals surface area contributed by atoms with Crippen LogP contribution < -0.4 is 17.2 Å². The van der Waals surface area contributed by atoms with Crippen LogP contribution in [0.2, 0.25) is 0 Å². The van der Waals surface area contributed by atoms with Gasteiger partial charge in [-0.3, -0.25) is 4.79 Å². The van der Waals surface area contributed by atoms with E-state index in [2.05, 4.69) is 0 Å². The first-order valence-electron chi connectivity index (χ1n) is 11.8. The van der Waals surface area contributed by atoms with E-state index in [1.54, 1.807) is 0 Å². The third-order valence-electron chi connectivity index (χ3n) is 7.09. The molecule has 222 valence electrons. The number of carbonyl (C=O) groups is 1. The van der Waals surface area contributed by atoms with Crippen LogP contribution in [-0.2, 0) is 28.5 Å². The number of carbonyl (C=O) groups excluding carboxylic acids is 1. The second-order valence-corrected chi connectivity index (χ2v) is 9.44. The number of aliphatic hydroxyl groups excluding tert-OH is 9. The molecule has 18 nitrogen and oxygen atoms in total. The Kier molecular flexibility index (Phi) is 10.5. The van der Waals surface area contributed by atoms with Gasteiger partial charge in [-0.05, 0) is 0 Å². The van der Waals surface area contributed by atoms with Crippen LogP contribution in [0.25, 0.3) is 0 Å². The van der Waals surface area contributed by atoms with Gasteiger partial charge in [0.1, 0.15) is 55.4 Å². The number of ether oxygens (including phenoxy) is 5. The molecule has 0 bridgehead atoms. The molecule has 0 aromatic rings. The average Bonchev–Trinajstić information content (AvgIpc) is 2.92. The number of aliphatic hydroxyl groups is 9. The molecule has 3 saturated heterocycles. The fraction of sp³-hybridized carbons (Fsp3) is 0.950. The van der Waals surface area contributed by atoms with E-state index in [1.165, 1.54) is 0 Å². The largest absolute Gasteiger partial charge is 0.394 e. The lowest BCUT2D eigenvalue weighted by Crippen LogP contribution is -2.73. The Bertz CT molecular complexity index is 795. The lowest BCUT2D eigenvalue weighted by Gasteiger charge is -2.50. The highest BCUT2D eigenvalue weighted by atomic mass is 16.7. The van der Waals surface area contributed by atoms with E-state index >= 15 is 0 Å². The van der Waals surface area contributed by atoms with E-state index in [-0.39, 0.29) is 0 Å². The summed E-state index contributed by atoms with van der Waals surface area (Å²) in [4.78, 5) is 12.3. The van der Waals surface area contributed by atoms with Crippen LogP contribution in [-0.4, -0.2) is 170 Å². The van der Waals surface area contributed by atoms with Crippen molar-refractivity contribution in [3.05, 3.63) is 0 Å². The summed E-state index contributed by atoms with van der Waals surface area (Å²) in [5.41, 5.74) is 15.1. The van der Waals surface area contributed by atoms with E-state index in [0.717, 1.165) is 0 Å². The number of hydrogen-bond acceptors (Lipinski definition) is 18. The van der Waals surface area contributed by atoms with Crippen LogP contribution in [0, 0.1) is 0 Å². The van der Waals surface area contributed by atoms with Crippen LogP contribution in [0.4, 0.5) is 0 Å². The van der Waals surface area contributed by atoms with Crippen LogP contribution >= 0.6 is 0 Å². The molecular weight excluding hydrogens is 522 g/mol. The zero-order valence-corrected chi connectivity index (χ0v) is 20.1. The molecule has 3 heterocycles. The van der Waals surface area contributed by atoms with Gasteiger partial charge in [-0.1, -0.05) is 0 Å². The molecule has 18 heteroatoms. The molecule has 15 atom stereocenters. The third-order valence-corrected chi connectivity index (χ3v) is 7.09. The van der Waals surface area contributed by atoms with Crippen molar-refractivity contribution in [3.8, 4) is 0 Å². The summed E-state index contributed by atoms with van der Waals surface area (Å²) in [6.07, 6.45) is -17.7. The molecule has 15 N–H and O–H groups in total. The first-order chi connectivity index (χ1) is 17.9. The van der Waals surface area contributed by atoms with Crippen molar-refractivity contribution in [2.24, 2.45) is 17.2 Å². The van der Waals surface area contributed by atoms with Crippen molar-refractivity contribution < 1.29 is 74.4 Å². The van der Waals surface area contributed by atoms with Crippen molar-refractivity contribution in [2.75, 3.05) is 26.4 Å². The summed E-state index contributed by atoms with van der Waals surface area (Å²) in [5, 5.41) is 90.4. The van der Waals surface area contributed by atoms with Crippen molar-refractivity contribution >= 4 is 5.78 Å². The van der Waals surface area contributed by atoms with Gasteiger partial charge in [0.15, 0.2) is 30.3 Å². The van der Waals surface area contributed by atoms with E-state index in [9.17, 15) is 50.8 Å². The quantitative estimate of drug-likeness (QED) is 0.125. The lowest BCUT2D eigenvalue weighted by molar-refractivity contribution is -0.355. The van der Waals surface area contributed by atoms with Gasteiger partial charge < -0.3 is 86.8 Å². The Hall–Kier alpha value is -1.01. The number of Topliss-reactive ketones (excluding diaryl/α,β-unsaturated/α-hetero) is 1. The van der Waals surface area contributed by atoms with E-state index in [1.807, 2.05) is 0 Å². The van der Waals surface area contributed by atoms with E-state index < -0.39 is 124 Å². The van der Waals surface area contributed by atoms with Crippen LogP contribution in [0.5, 0.6) is 0 Å². The number of rotatable bonds is 9. The number of ketones is 1. The molecular formula is C20H37N3O15. The third kappa shape index (κ3) is 5.60. The van der Waals surface area contributed by atoms with Crippen LogP contribution in [0.15, 0.2) is 0 Å². The zero-order chi connectivity index (χ0) is 28.5. The standard InChI is InChI=1S/C20H37N3O15/c21-8-11(29)14(5(1-24)34-17(8)33)36-18-9(22)12(30)15(6(2-25)35-18)37-19-10(23)13(31)16(32)20(4-27,38-19)7(28)3-26/h5-6,8-19,24-27,29-33H,1-4,21-23H2/t5-,6-,8-,9-,10-,11-,12-,13-,14?,15?,16+,17-,18+,19+,20+/m1/s1. The molecule has 3 aliphatic rings. The maximum Gasteiger partial charge on any atom is 0.195 e. The molecule has 38 heavy (non-hydrogen) atoms. The Morgan fingerprint density at radius 1 is 0.737 bits per heavy atom. The van der Waals surface area contributed by atoms with Crippen LogP contribution in [0.3, 0.4) is 0 Å². The second-order valence-electron chi connectivity index (χ2n) is 9.44. The molecule has 3 rings (SSSR count). The summed E-state index contributed by atoms with van der Waals surface area (Å²) in [7, 11) is 0. The minimum absolute atomic E-state index is 0.699. The Labute approximate surface area is 216 Å². The minimum Gasteiger partial charge on any atom is -0.394 e. The molecule has 0 aliphatic carbocycles. The van der Waals surface area contributed by atoms with Gasteiger partial charge in [0.05, 0.1) is 37.9 Å². The van der Waals surface area contributed by atoms with Crippen LogP contribution in [0.1, 0.15) is 0 Å². The van der Waals surface area contributed by atoms with Crippen molar-refractivity contribution in [3.63, 3.8) is 0 Å². The first kappa shape index (κ1) is 31.5. The zero-order valence-electron chi connectivity index (χ0n) is 20.1. The monoisotopic (exact) mass is 559 g/mol. The molecule has 0 aromatic carbocycles. The summed E-state index contributed by atoms with van der Waals surface area (Å²) in [6.45, 7) is -3.85. The Morgan fingerprint density at radius 3 is 1.76 bits per heavy atom. The molecule has 0 spiro atoms. The molecule has 0 radical (unpaired) electrons. The molecule has 3 fully saturated rings. The highest BCUT2D eigenvalue weighted by molar-refractivity contribution is 5.89. The lowest BCUT2D eigenvalue weighted by atomic mass is 9.83. The highest BCUT2D eigenvalue weighted by Gasteiger charge is 2.59. The van der Waals surface area contributed by atoms with Gasteiger partial charge in [0, 0.05) is 0 Å². The molecule has 0 amide bonds.